The number of carbonyl (C=O) groups is 1. The first-order valence-electron chi connectivity index (χ1n) is 4.70. The summed E-state index contributed by atoms with van der Waals surface area (Å²) in [4.78, 5) is 22.5. The lowest BCUT2D eigenvalue weighted by Gasteiger charge is -2.09. The molecule has 2 rings (SSSR count). The fourth-order valence-electron chi connectivity index (χ4n) is 1.28. The summed E-state index contributed by atoms with van der Waals surface area (Å²) in [6.07, 6.45) is 5.25. The zero-order chi connectivity index (χ0) is 11.4. The first-order chi connectivity index (χ1) is 7.83. The molecule has 1 amide bonds. The SMILES string of the molecule is CC(NC=O)c1ncnn1-c1ncccn1. The van der Waals surface area contributed by atoms with Crippen molar-refractivity contribution >= 4 is 6.41 Å². The third-order valence-corrected chi connectivity index (χ3v) is 2.02. The van der Waals surface area contributed by atoms with Gasteiger partial charge in [-0.15, -0.1) is 0 Å². The number of amides is 1. The fourth-order valence-corrected chi connectivity index (χ4v) is 1.28. The van der Waals surface area contributed by atoms with Gasteiger partial charge in [-0.05, 0) is 13.0 Å². The summed E-state index contributed by atoms with van der Waals surface area (Å²) < 4.78 is 1.49. The zero-order valence-electron chi connectivity index (χ0n) is 8.61. The Morgan fingerprint density at radius 2 is 2.12 bits per heavy atom. The molecule has 2 aromatic rings. The summed E-state index contributed by atoms with van der Waals surface area (Å²) in [5.74, 6) is 1.01. The number of carbonyl (C=O) groups excluding carboxylic acids is 1. The van der Waals surface area contributed by atoms with Gasteiger partial charge in [0.15, 0.2) is 5.82 Å². The highest BCUT2D eigenvalue weighted by Gasteiger charge is 2.14. The van der Waals surface area contributed by atoms with Crippen LogP contribution in [0, 0.1) is 0 Å². The highest BCUT2D eigenvalue weighted by Crippen LogP contribution is 2.10. The molecule has 2 aromatic heterocycles. The van der Waals surface area contributed by atoms with Crippen LogP contribution in [0.4, 0.5) is 0 Å². The quantitative estimate of drug-likeness (QED) is 0.722. The second-order valence-corrected chi connectivity index (χ2v) is 3.09. The molecule has 0 saturated heterocycles. The van der Waals surface area contributed by atoms with Crippen molar-refractivity contribution in [3.63, 3.8) is 0 Å². The summed E-state index contributed by atoms with van der Waals surface area (Å²) >= 11 is 0. The van der Waals surface area contributed by atoms with E-state index in [1.807, 2.05) is 0 Å². The second kappa shape index (κ2) is 4.47. The van der Waals surface area contributed by atoms with Crippen LogP contribution < -0.4 is 5.32 Å². The molecule has 0 fully saturated rings. The molecule has 82 valence electrons. The molecule has 0 aliphatic rings. The Morgan fingerprint density at radius 1 is 1.38 bits per heavy atom. The molecular formula is C9H10N6O. The number of nitrogens with zero attached hydrogens (tertiary/aromatic N) is 5. The third kappa shape index (κ3) is 1.88. The van der Waals surface area contributed by atoms with Crippen LogP contribution in [-0.2, 0) is 4.79 Å². The van der Waals surface area contributed by atoms with Crippen molar-refractivity contribution < 1.29 is 4.79 Å². The van der Waals surface area contributed by atoms with Gasteiger partial charge in [0.25, 0.3) is 5.95 Å². The molecule has 0 saturated carbocycles. The maximum absolute atomic E-state index is 10.4. The minimum Gasteiger partial charge on any atom is -0.349 e. The Morgan fingerprint density at radius 3 is 2.81 bits per heavy atom. The van der Waals surface area contributed by atoms with E-state index in [9.17, 15) is 4.79 Å². The van der Waals surface area contributed by atoms with Crippen LogP contribution in [0.3, 0.4) is 0 Å². The predicted octanol–water partition coefficient (Wildman–Crippen LogP) is -0.136. The molecule has 0 spiro atoms. The van der Waals surface area contributed by atoms with E-state index in [2.05, 4.69) is 25.4 Å². The molecule has 0 aliphatic heterocycles. The minimum absolute atomic E-state index is 0.246. The van der Waals surface area contributed by atoms with E-state index in [1.165, 1.54) is 11.0 Å². The Hall–Kier alpha value is -2.31. The van der Waals surface area contributed by atoms with E-state index < -0.39 is 0 Å². The molecule has 1 N–H and O–H groups in total. The minimum atomic E-state index is -0.246. The average molecular weight is 218 g/mol. The normalized spacial score (nSPS) is 12.1. The zero-order valence-corrected chi connectivity index (χ0v) is 8.61. The largest absolute Gasteiger partial charge is 0.349 e. The molecule has 0 aromatic carbocycles. The number of nitrogens with one attached hydrogen (secondary N) is 1. The molecule has 0 aliphatic carbocycles. The molecular weight excluding hydrogens is 208 g/mol. The number of rotatable bonds is 4. The number of aromatic nitrogens is 5. The summed E-state index contributed by atoms with van der Waals surface area (Å²) in [7, 11) is 0. The van der Waals surface area contributed by atoms with Crippen LogP contribution in [0.15, 0.2) is 24.8 Å². The standard InChI is InChI=1S/C9H10N6O/c1-7(13-6-16)8-12-5-14-15(8)9-10-3-2-4-11-9/h2-7H,1H3,(H,13,16). The van der Waals surface area contributed by atoms with Crippen LogP contribution in [0.1, 0.15) is 18.8 Å². The summed E-state index contributed by atoms with van der Waals surface area (Å²) in [5.41, 5.74) is 0. The molecule has 0 bridgehead atoms. The summed E-state index contributed by atoms with van der Waals surface area (Å²) in [6.45, 7) is 1.80. The van der Waals surface area contributed by atoms with Gasteiger partial charge < -0.3 is 5.32 Å². The van der Waals surface area contributed by atoms with E-state index in [4.69, 9.17) is 0 Å². The van der Waals surface area contributed by atoms with Gasteiger partial charge in [-0.3, -0.25) is 4.79 Å². The Kier molecular flexibility index (Phi) is 2.86. The van der Waals surface area contributed by atoms with Gasteiger partial charge in [-0.2, -0.15) is 9.78 Å². The van der Waals surface area contributed by atoms with Gasteiger partial charge in [0.1, 0.15) is 6.33 Å². The van der Waals surface area contributed by atoms with Crippen molar-refractivity contribution in [2.75, 3.05) is 0 Å². The van der Waals surface area contributed by atoms with E-state index in [0.29, 0.717) is 18.2 Å². The molecule has 7 nitrogen and oxygen atoms in total. The average Bonchev–Trinajstić information content (AvgIpc) is 2.79. The van der Waals surface area contributed by atoms with Gasteiger partial charge in [-0.25, -0.2) is 15.0 Å². The van der Waals surface area contributed by atoms with Crippen molar-refractivity contribution in [3.05, 3.63) is 30.6 Å². The van der Waals surface area contributed by atoms with E-state index in [1.54, 1.807) is 25.4 Å². The Bertz CT molecular complexity index is 468. The maximum Gasteiger partial charge on any atom is 0.252 e. The second-order valence-electron chi connectivity index (χ2n) is 3.09. The molecule has 0 radical (unpaired) electrons. The van der Waals surface area contributed by atoms with E-state index in [-0.39, 0.29) is 6.04 Å². The van der Waals surface area contributed by atoms with Crippen molar-refractivity contribution in [1.82, 2.24) is 30.0 Å². The van der Waals surface area contributed by atoms with E-state index >= 15 is 0 Å². The van der Waals surface area contributed by atoms with Crippen LogP contribution >= 0.6 is 0 Å². The van der Waals surface area contributed by atoms with Gasteiger partial charge in [0.2, 0.25) is 6.41 Å². The van der Waals surface area contributed by atoms with Gasteiger partial charge in [0, 0.05) is 12.4 Å². The number of hydrogen-bond acceptors (Lipinski definition) is 5. The molecule has 1 unspecified atom stereocenters. The van der Waals surface area contributed by atoms with Gasteiger partial charge in [0.05, 0.1) is 6.04 Å². The van der Waals surface area contributed by atoms with Crippen molar-refractivity contribution in [1.29, 1.82) is 0 Å². The molecule has 2 heterocycles. The first-order valence-corrected chi connectivity index (χ1v) is 4.70. The van der Waals surface area contributed by atoms with Crippen LogP contribution in [0.5, 0.6) is 0 Å². The highest BCUT2D eigenvalue weighted by molar-refractivity contribution is 5.47. The fraction of sp³-hybridized carbons (Fsp3) is 0.222. The highest BCUT2D eigenvalue weighted by atomic mass is 16.1. The van der Waals surface area contributed by atoms with E-state index in [0.717, 1.165) is 0 Å². The Balaban J connectivity index is 2.36. The van der Waals surface area contributed by atoms with Gasteiger partial charge >= 0.3 is 0 Å². The van der Waals surface area contributed by atoms with Crippen molar-refractivity contribution in [2.45, 2.75) is 13.0 Å². The first kappa shape index (κ1) is 10.2. The summed E-state index contributed by atoms with van der Waals surface area (Å²) in [6, 6.07) is 1.47. The lowest BCUT2D eigenvalue weighted by atomic mass is 10.3. The smallest absolute Gasteiger partial charge is 0.252 e. The van der Waals surface area contributed by atoms with Crippen molar-refractivity contribution in [3.8, 4) is 5.95 Å². The van der Waals surface area contributed by atoms with Crippen molar-refractivity contribution in [2.24, 2.45) is 0 Å². The number of hydrogen-bond donors (Lipinski definition) is 1. The van der Waals surface area contributed by atoms with Crippen LogP contribution in [-0.4, -0.2) is 31.1 Å². The monoisotopic (exact) mass is 218 g/mol. The Labute approximate surface area is 91.6 Å². The van der Waals surface area contributed by atoms with Crippen LogP contribution in [0.2, 0.25) is 0 Å². The summed E-state index contributed by atoms with van der Waals surface area (Å²) in [5, 5.41) is 6.61. The molecule has 7 heteroatoms. The molecule has 1 atom stereocenters. The lowest BCUT2D eigenvalue weighted by molar-refractivity contribution is -0.110. The topological polar surface area (TPSA) is 85.6 Å². The lowest BCUT2D eigenvalue weighted by Crippen LogP contribution is -2.21. The van der Waals surface area contributed by atoms with Crippen LogP contribution in [0.25, 0.3) is 5.95 Å². The molecule has 16 heavy (non-hydrogen) atoms. The predicted molar refractivity (Wildman–Crippen MR) is 54.6 cm³/mol. The third-order valence-electron chi connectivity index (χ3n) is 2.02. The maximum atomic E-state index is 10.4. The van der Waals surface area contributed by atoms with Gasteiger partial charge in [-0.1, -0.05) is 0 Å².